The van der Waals surface area contributed by atoms with Gasteiger partial charge in [0.15, 0.2) is 0 Å². The number of halogens is 1. The molecule has 0 heterocycles. The van der Waals surface area contributed by atoms with Gasteiger partial charge < -0.3 is 11.1 Å². The Labute approximate surface area is 132 Å². The average molecular weight is 345 g/mol. The van der Waals surface area contributed by atoms with E-state index in [1.54, 1.807) is 0 Å². The van der Waals surface area contributed by atoms with Gasteiger partial charge in [-0.1, -0.05) is 40.2 Å². The molecule has 0 bridgehead atoms. The van der Waals surface area contributed by atoms with Crippen molar-refractivity contribution in [1.29, 1.82) is 0 Å². The molecule has 1 saturated carbocycles. The zero-order valence-corrected chi connectivity index (χ0v) is 13.2. The van der Waals surface area contributed by atoms with E-state index in [9.17, 15) is 4.79 Å². The molecule has 0 aromatic heterocycles. The molecule has 0 radical (unpaired) electrons. The molecule has 4 heteroatoms. The third kappa shape index (κ3) is 2.95. The van der Waals surface area contributed by atoms with Gasteiger partial charge in [0, 0.05) is 16.7 Å². The topological polar surface area (TPSA) is 55.1 Å². The van der Waals surface area contributed by atoms with Crippen LogP contribution in [0.5, 0.6) is 0 Å². The van der Waals surface area contributed by atoms with E-state index in [0.717, 1.165) is 34.1 Å². The van der Waals surface area contributed by atoms with Gasteiger partial charge >= 0.3 is 0 Å². The smallest absolute Gasteiger partial charge is 0.230 e. The van der Waals surface area contributed by atoms with E-state index in [-0.39, 0.29) is 11.3 Å². The van der Waals surface area contributed by atoms with Crippen molar-refractivity contribution in [3.8, 4) is 0 Å². The molecule has 3 nitrogen and oxygen atoms in total. The number of rotatable bonds is 4. The maximum atomic E-state index is 12.5. The first kappa shape index (κ1) is 14.1. The van der Waals surface area contributed by atoms with Crippen LogP contribution in [0.3, 0.4) is 0 Å². The molecule has 1 amide bonds. The van der Waals surface area contributed by atoms with Gasteiger partial charge in [0.05, 0.1) is 5.41 Å². The molecule has 0 saturated heterocycles. The van der Waals surface area contributed by atoms with E-state index in [0.29, 0.717) is 6.54 Å². The van der Waals surface area contributed by atoms with Gasteiger partial charge in [-0.25, -0.2) is 0 Å². The van der Waals surface area contributed by atoms with Crippen LogP contribution in [-0.2, 0) is 16.8 Å². The minimum Gasteiger partial charge on any atom is -0.399 e. The number of hydrogen-bond donors (Lipinski definition) is 2. The number of benzene rings is 2. The molecule has 1 fully saturated rings. The predicted octanol–water partition coefficient (Wildman–Crippen LogP) is 3.38. The highest BCUT2D eigenvalue weighted by molar-refractivity contribution is 9.10. The van der Waals surface area contributed by atoms with Crippen LogP contribution in [0.2, 0.25) is 0 Å². The van der Waals surface area contributed by atoms with Crippen molar-refractivity contribution in [3.63, 3.8) is 0 Å². The number of carbonyl (C=O) groups excluding carboxylic acids is 1. The fourth-order valence-corrected chi connectivity index (χ4v) is 2.79. The lowest BCUT2D eigenvalue weighted by molar-refractivity contribution is -0.123. The lowest BCUT2D eigenvalue weighted by atomic mass is 9.94. The van der Waals surface area contributed by atoms with Crippen LogP contribution < -0.4 is 11.1 Å². The first-order valence-electron chi connectivity index (χ1n) is 6.99. The molecule has 21 heavy (non-hydrogen) atoms. The molecular weight excluding hydrogens is 328 g/mol. The van der Waals surface area contributed by atoms with Crippen LogP contribution in [0.1, 0.15) is 24.0 Å². The molecular formula is C17H17BrN2O. The van der Waals surface area contributed by atoms with Crippen molar-refractivity contribution in [1.82, 2.24) is 5.32 Å². The van der Waals surface area contributed by atoms with Gasteiger partial charge in [0.1, 0.15) is 0 Å². The van der Waals surface area contributed by atoms with Gasteiger partial charge in [0.25, 0.3) is 0 Å². The maximum absolute atomic E-state index is 12.5. The van der Waals surface area contributed by atoms with Gasteiger partial charge in [0.2, 0.25) is 5.91 Å². The quantitative estimate of drug-likeness (QED) is 0.835. The third-order valence-electron chi connectivity index (χ3n) is 4.01. The van der Waals surface area contributed by atoms with Gasteiger partial charge in [-0.05, 0) is 48.2 Å². The Morgan fingerprint density at radius 2 is 1.71 bits per heavy atom. The molecule has 3 N–H and O–H groups in total. The molecule has 0 spiro atoms. The van der Waals surface area contributed by atoms with Crippen LogP contribution in [0.4, 0.5) is 5.69 Å². The fraction of sp³-hybridized carbons (Fsp3) is 0.235. The van der Waals surface area contributed by atoms with E-state index in [4.69, 9.17) is 5.73 Å². The van der Waals surface area contributed by atoms with E-state index >= 15 is 0 Å². The normalized spacial score (nSPS) is 15.5. The molecule has 0 unspecified atom stereocenters. The third-order valence-corrected chi connectivity index (χ3v) is 4.54. The Bertz CT molecular complexity index is 645. The van der Waals surface area contributed by atoms with E-state index in [2.05, 4.69) is 21.2 Å². The van der Waals surface area contributed by atoms with Crippen molar-refractivity contribution < 1.29 is 4.79 Å². The Morgan fingerprint density at radius 3 is 2.29 bits per heavy atom. The largest absolute Gasteiger partial charge is 0.399 e. The second-order valence-corrected chi connectivity index (χ2v) is 6.43. The number of carbonyl (C=O) groups is 1. The minimum absolute atomic E-state index is 0.107. The zero-order chi connectivity index (χ0) is 14.9. The molecule has 2 aromatic carbocycles. The summed E-state index contributed by atoms with van der Waals surface area (Å²) < 4.78 is 1.04. The first-order chi connectivity index (χ1) is 10.1. The van der Waals surface area contributed by atoms with Crippen LogP contribution in [0.15, 0.2) is 53.0 Å². The standard InChI is InChI=1S/C17H17BrN2O/c18-14-5-1-12(2-6-14)11-20-16(21)17(9-10-17)13-3-7-15(19)8-4-13/h1-8H,9-11,19H2,(H,20,21). The van der Waals surface area contributed by atoms with Gasteiger partial charge in [-0.15, -0.1) is 0 Å². The highest BCUT2D eigenvalue weighted by Gasteiger charge is 2.50. The Balaban J connectivity index is 1.67. The van der Waals surface area contributed by atoms with E-state index in [1.807, 2.05) is 48.5 Å². The van der Waals surface area contributed by atoms with Crippen molar-refractivity contribution >= 4 is 27.5 Å². The van der Waals surface area contributed by atoms with E-state index in [1.165, 1.54) is 0 Å². The summed E-state index contributed by atoms with van der Waals surface area (Å²) in [4.78, 5) is 12.5. The lowest BCUT2D eigenvalue weighted by Crippen LogP contribution is -2.34. The maximum Gasteiger partial charge on any atom is 0.230 e. The lowest BCUT2D eigenvalue weighted by Gasteiger charge is -2.16. The van der Waals surface area contributed by atoms with Crippen LogP contribution in [0.25, 0.3) is 0 Å². The zero-order valence-electron chi connectivity index (χ0n) is 11.6. The second kappa shape index (κ2) is 5.53. The van der Waals surface area contributed by atoms with E-state index < -0.39 is 0 Å². The Morgan fingerprint density at radius 1 is 1.10 bits per heavy atom. The van der Waals surface area contributed by atoms with Gasteiger partial charge in [-0.3, -0.25) is 4.79 Å². The van der Waals surface area contributed by atoms with Crippen LogP contribution in [0, 0.1) is 0 Å². The summed E-state index contributed by atoms with van der Waals surface area (Å²) in [5.74, 6) is 0.107. The summed E-state index contributed by atoms with van der Waals surface area (Å²) in [7, 11) is 0. The van der Waals surface area contributed by atoms with Crippen molar-refractivity contribution in [2.75, 3.05) is 5.73 Å². The highest BCUT2D eigenvalue weighted by Crippen LogP contribution is 2.48. The Hall–Kier alpha value is -1.81. The highest BCUT2D eigenvalue weighted by atomic mass is 79.9. The first-order valence-corrected chi connectivity index (χ1v) is 7.78. The van der Waals surface area contributed by atoms with Crippen molar-refractivity contribution in [2.24, 2.45) is 0 Å². The molecule has 0 aliphatic heterocycles. The summed E-state index contributed by atoms with van der Waals surface area (Å²) >= 11 is 3.41. The number of anilines is 1. The summed E-state index contributed by atoms with van der Waals surface area (Å²) in [6.07, 6.45) is 1.81. The molecule has 3 rings (SSSR count). The fourth-order valence-electron chi connectivity index (χ4n) is 2.53. The predicted molar refractivity (Wildman–Crippen MR) is 87.8 cm³/mol. The summed E-state index contributed by atoms with van der Waals surface area (Å²) in [6, 6.07) is 15.6. The van der Waals surface area contributed by atoms with Crippen molar-refractivity contribution in [2.45, 2.75) is 24.8 Å². The monoisotopic (exact) mass is 344 g/mol. The summed E-state index contributed by atoms with van der Waals surface area (Å²) in [5, 5.41) is 3.05. The SMILES string of the molecule is Nc1ccc(C2(C(=O)NCc3ccc(Br)cc3)CC2)cc1. The minimum atomic E-state index is -0.344. The number of nitrogens with two attached hydrogens (primary N) is 1. The summed E-state index contributed by atoms with van der Waals surface area (Å²) in [6.45, 7) is 0.558. The summed E-state index contributed by atoms with van der Waals surface area (Å²) in [5.41, 5.74) is 8.25. The number of nitrogen functional groups attached to an aromatic ring is 1. The average Bonchev–Trinajstić information content (AvgIpc) is 3.29. The van der Waals surface area contributed by atoms with Crippen LogP contribution in [-0.4, -0.2) is 5.91 Å². The molecule has 2 aromatic rings. The molecule has 0 atom stereocenters. The molecule has 1 aliphatic rings. The van der Waals surface area contributed by atoms with Crippen molar-refractivity contribution in [3.05, 3.63) is 64.1 Å². The number of nitrogens with one attached hydrogen (secondary N) is 1. The van der Waals surface area contributed by atoms with Crippen LogP contribution >= 0.6 is 15.9 Å². The number of amides is 1. The molecule has 108 valence electrons. The Kier molecular flexibility index (Phi) is 3.72. The second-order valence-electron chi connectivity index (χ2n) is 5.51. The number of hydrogen-bond acceptors (Lipinski definition) is 2. The van der Waals surface area contributed by atoms with Gasteiger partial charge in [-0.2, -0.15) is 0 Å². The molecule has 1 aliphatic carbocycles.